The molecule has 1 aliphatic carbocycles. The van der Waals surface area contributed by atoms with Crippen molar-refractivity contribution in [2.45, 2.75) is 20.8 Å². The minimum Gasteiger partial charge on any atom is -0.245 e. The third-order valence-electron chi connectivity index (χ3n) is 3.02. The first-order valence-corrected chi connectivity index (χ1v) is 5.82. The summed E-state index contributed by atoms with van der Waals surface area (Å²) in [5, 5.41) is 1.11. The normalized spacial score (nSPS) is 25.1. The van der Waals surface area contributed by atoms with Crippen molar-refractivity contribution in [3.05, 3.63) is 27.5 Å². The highest BCUT2D eigenvalue weighted by Gasteiger charge is 2.22. The summed E-state index contributed by atoms with van der Waals surface area (Å²) in [5.41, 5.74) is 2.08. The van der Waals surface area contributed by atoms with Gasteiger partial charge in [-0.15, -0.1) is 11.3 Å². The molecule has 0 aromatic carbocycles. The second-order valence-electron chi connectivity index (χ2n) is 4.29. The lowest BCUT2D eigenvalue weighted by Crippen LogP contribution is -2.25. The fraction of sp³-hybridized carbons (Fsp3) is 0.417. The molecular weight excluding hydrogens is 190 g/mol. The molecule has 1 aromatic heterocycles. The van der Waals surface area contributed by atoms with E-state index in [0.717, 1.165) is 5.35 Å². The summed E-state index contributed by atoms with van der Waals surface area (Å²) in [6.07, 6.45) is 8.83. The molecule has 2 heteroatoms. The first kappa shape index (κ1) is 9.66. The first-order valence-electron chi connectivity index (χ1n) is 4.94. The molecule has 0 fully saturated rings. The summed E-state index contributed by atoms with van der Waals surface area (Å²) >= 11 is 1.72. The van der Waals surface area contributed by atoms with Gasteiger partial charge in [0.1, 0.15) is 0 Å². The fourth-order valence-corrected chi connectivity index (χ4v) is 2.38. The number of allylic oxidation sites excluding steroid dienone is 2. The van der Waals surface area contributed by atoms with Gasteiger partial charge in [-0.3, -0.25) is 0 Å². The molecular formula is C12H15NS. The molecule has 1 unspecified atom stereocenters. The predicted molar refractivity (Wildman–Crippen MR) is 62.4 cm³/mol. The maximum absolute atomic E-state index is 4.32. The zero-order valence-corrected chi connectivity index (χ0v) is 9.64. The summed E-state index contributed by atoms with van der Waals surface area (Å²) in [4.78, 5) is 4.32. The van der Waals surface area contributed by atoms with E-state index in [1.165, 1.54) is 4.53 Å². The van der Waals surface area contributed by atoms with Crippen LogP contribution in [0.15, 0.2) is 17.7 Å². The Morgan fingerprint density at radius 3 is 2.93 bits per heavy atom. The van der Waals surface area contributed by atoms with Crippen molar-refractivity contribution < 1.29 is 0 Å². The van der Waals surface area contributed by atoms with Gasteiger partial charge in [-0.25, -0.2) is 4.98 Å². The van der Waals surface area contributed by atoms with Gasteiger partial charge in [0, 0.05) is 5.41 Å². The molecule has 1 heterocycles. The molecule has 0 aliphatic heterocycles. The molecule has 2 rings (SSSR count). The Kier molecular flexibility index (Phi) is 2.31. The Hall–Kier alpha value is -0.890. The summed E-state index contributed by atoms with van der Waals surface area (Å²) < 4.78 is 1.30. The lowest BCUT2D eigenvalue weighted by molar-refractivity contribution is 0.410. The van der Waals surface area contributed by atoms with E-state index < -0.39 is 0 Å². The Labute approximate surface area is 88.5 Å². The molecule has 1 aliphatic rings. The third kappa shape index (κ3) is 1.55. The van der Waals surface area contributed by atoms with E-state index >= 15 is 0 Å². The van der Waals surface area contributed by atoms with Crippen LogP contribution in [0.4, 0.5) is 0 Å². The monoisotopic (exact) mass is 205 g/mol. The van der Waals surface area contributed by atoms with E-state index in [0.29, 0.717) is 5.92 Å². The SMILES string of the molecule is CC(C)C1(C)C=CC=c2ncsc2=C1. The van der Waals surface area contributed by atoms with E-state index in [-0.39, 0.29) is 5.41 Å². The number of thiazole rings is 1. The van der Waals surface area contributed by atoms with Crippen LogP contribution in [0.1, 0.15) is 20.8 Å². The van der Waals surface area contributed by atoms with Crippen LogP contribution in [-0.4, -0.2) is 4.98 Å². The van der Waals surface area contributed by atoms with Gasteiger partial charge in [0.25, 0.3) is 0 Å². The van der Waals surface area contributed by atoms with E-state index in [4.69, 9.17) is 0 Å². The average molecular weight is 205 g/mol. The molecule has 1 aromatic rings. The van der Waals surface area contributed by atoms with Gasteiger partial charge in [-0.1, -0.05) is 39.0 Å². The van der Waals surface area contributed by atoms with Crippen LogP contribution in [-0.2, 0) is 0 Å². The largest absolute Gasteiger partial charge is 0.245 e. The van der Waals surface area contributed by atoms with Crippen molar-refractivity contribution in [3.63, 3.8) is 0 Å². The third-order valence-corrected chi connectivity index (χ3v) is 3.81. The molecule has 1 nitrogen and oxygen atoms in total. The molecule has 14 heavy (non-hydrogen) atoms. The molecule has 0 saturated heterocycles. The highest BCUT2D eigenvalue weighted by Crippen LogP contribution is 2.30. The van der Waals surface area contributed by atoms with Crippen LogP contribution in [0.3, 0.4) is 0 Å². The van der Waals surface area contributed by atoms with Gasteiger partial charge in [-0.05, 0) is 12.0 Å². The number of hydrogen-bond donors (Lipinski definition) is 0. The van der Waals surface area contributed by atoms with Gasteiger partial charge < -0.3 is 0 Å². The van der Waals surface area contributed by atoms with E-state index in [1.54, 1.807) is 11.3 Å². The number of nitrogens with zero attached hydrogens (tertiary/aromatic N) is 1. The summed E-state index contributed by atoms with van der Waals surface area (Å²) in [5.74, 6) is 0.611. The van der Waals surface area contributed by atoms with Crippen LogP contribution >= 0.6 is 11.3 Å². The van der Waals surface area contributed by atoms with Crippen molar-refractivity contribution >= 4 is 23.5 Å². The highest BCUT2D eigenvalue weighted by molar-refractivity contribution is 7.07. The van der Waals surface area contributed by atoms with E-state index in [2.05, 4.69) is 50.1 Å². The lowest BCUT2D eigenvalue weighted by atomic mass is 9.79. The molecule has 74 valence electrons. The van der Waals surface area contributed by atoms with Gasteiger partial charge >= 0.3 is 0 Å². The van der Waals surface area contributed by atoms with Crippen molar-refractivity contribution in [2.24, 2.45) is 11.3 Å². The van der Waals surface area contributed by atoms with E-state index in [1.807, 2.05) is 5.51 Å². The summed E-state index contributed by atoms with van der Waals surface area (Å²) in [7, 11) is 0. The molecule has 0 amide bonds. The molecule has 0 N–H and O–H groups in total. The van der Waals surface area contributed by atoms with Crippen LogP contribution < -0.4 is 9.88 Å². The van der Waals surface area contributed by atoms with E-state index in [9.17, 15) is 0 Å². The van der Waals surface area contributed by atoms with Crippen molar-refractivity contribution in [1.29, 1.82) is 0 Å². The van der Waals surface area contributed by atoms with Crippen LogP contribution in [0.25, 0.3) is 12.2 Å². The first-order chi connectivity index (χ1) is 6.62. The Morgan fingerprint density at radius 1 is 1.43 bits per heavy atom. The van der Waals surface area contributed by atoms with Crippen LogP contribution in [0.5, 0.6) is 0 Å². The van der Waals surface area contributed by atoms with Crippen molar-refractivity contribution in [1.82, 2.24) is 4.98 Å². The topological polar surface area (TPSA) is 12.9 Å². The zero-order chi connectivity index (χ0) is 10.2. The lowest BCUT2D eigenvalue weighted by Gasteiger charge is -2.25. The van der Waals surface area contributed by atoms with Crippen LogP contribution in [0.2, 0.25) is 0 Å². The predicted octanol–water partition coefficient (Wildman–Crippen LogP) is 1.94. The second kappa shape index (κ2) is 3.35. The average Bonchev–Trinajstić information content (AvgIpc) is 2.46. The zero-order valence-electron chi connectivity index (χ0n) is 8.82. The Morgan fingerprint density at radius 2 is 2.21 bits per heavy atom. The number of fused-ring (bicyclic) bond motifs is 1. The minimum atomic E-state index is 0.161. The number of hydrogen-bond acceptors (Lipinski definition) is 2. The number of aromatic nitrogens is 1. The van der Waals surface area contributed by atoms with Gasteiger partial charge in [0.2, 0.25) is 0 Å². The molecule has 0 spiro atoms. The maximum Gasteiger partial charge on any atom is 0.0808 e. The highest BCUT2D eigenvalue weighted by atomic mass is 32.1. The smallest absolute Gasteiger partial charge is 0.0808 e. The summed E-state index contributed by atoms with van der Waals surface area (Å²) in [6, 6.07) is 0. The number of rotatable bonds is 1. The molecule has 1 atom stereocenters. The van der Waals surface area contributed by atoms with Gasteiger partial charge in [0.05, 0.1) is 15.4 Å². The Bertz CT molecular complexity index is 467. The minimum absolute atomic E-state index is 0.161. The molecule has 0 saturated carbocycles. The van der Waals surface area contributed by atoms with Crippen molar-refractivity contribution in [3.8, 4) is 0 Å². The van der Waals surface area contributed by atoms with Crippen molar-refractivity contribution in [2.75, 3.05) is 0 Å². The maximum atomic E-state index is 4.32. The molecule has 0 radical (unpaired) electrons. The summed E-state index contributed by atoms with van der Waals surface area (Å²) in [6.45, 7) is 6.79. The molecule has 0 bridgehead atoms. The fourth-order valence-electron chi connectivity index (χ4n) is 1.53. The quantitative estimate of drug-likeness (QED) is 0.683. The standard InChI is InChI=1S/C12H15NS/c1-9(2)12(3)6-4-5-10-11(7-12)14-8-13-10/h4-9H,1-3H3. The van der Waals surface area contributed by atoms with Gasteiger partial charge in [-0.2, -0.15) is 0 Å². The van der Waals surface area contributed by atoms with Crippen LogP contribution in [0, 0.1) is 11.3 Å². The second-order valence-corrected chi connectivity index (χ2v) is 5.18. The van der Waals surface area contributed by atoms with Gasteiger partial charge in [0.15, 0.2) is 0 Å². The Balaban J connectivity index is 2.64.